The van der Waals surface area contributed by atoms with Crippen LogP contribution < -0.4 is 5.01 Å². The number of anilines is 1. The number of nitrogens with one attached hydrogen (secondary N) is 1. The predicted octanol–water partition coefficient (Wildman–Crippen LogP) is 6.40. The highest BCUT2D eigenvalue weighted by Crippen LogP contribution is 2.39. The van der Waals surface area contributed by atoms with E-state index in [1.165, 1.54) is 6.92 Å². The third-order valence-electron chi connectivity index (χ3n) is 5.93. The first kappa shape index (κ1) is 28.2. The number of fused-ring (bicyclic) bond motifs is 1. The second kappa shape index (κ2) is 11.9. The van der Waals surface area contributed by atoms with Gasteiger partial charge >= 0.3 is 5.97 Å². The van der Waals surface area contributed by atoms with Gasteiger partial charge in [0.15, 0.2) is 11.7 Å². The molecule has 0 saturated heterocycles. The average Bonchev–Trinajstić information content (AvgIpc) is 3.21. The molecular formula is C29H28Cl2N4O4. The summed E-state index contributed by atoms with van der Waals surface area (Å²) in [4.78, 5) is 31.9. The molecule has 1 aromatic heterocycles. The molecule has 4 rings (SSSR count). The molecule has 8 nitrogen and oxygen atoms in total. The number of esters is 1. The van der Waals surface area contributed by atoms with E-state index < -0.39 is 5.97 Å². The minimum absolute atomic E-state index is 0.0507. The van der Waals surface area contributed by atoms with Gasteiger partial charge in [-0.05, 0) is 38.1 Å². The minimum atomic E-state index is -0.451. The van der Waals surface area contributed by atoms with Crippen molar-refractivity contribution in [2.75, 3.05) is 32.3 Å². The van der Waals surface area contributed by atoms with Gasteiger partial charge in [-0.15, -0.1) is 0 Å². The van der Waals surface area contributed by atoms with Crippen molar-refractivity contribution in [1.29, 1.82) is 0 Å². The van der Waals surface area contributed by atoms with Crippen LogP contribution in [0.3, 0.4) is 0 Å². The minimum Gasteiger partial charge on any atom is -0.494 e. The molecule has 0 radical (unpaired) electrons. The number of carbonyl (C=O) groups is 2. The molecule has 0 amide bonds. The van der Waals surface area contributed by atoms with E-state index in [0.717, 1.165) is 5.56 Å². The van der Waals surface area contributed by atoms with Gasteiger partial charge in [0.25, 0.3) is 0 Å². The third-order valence-corrected chi connectivity index (χ3v) is 6.51. The number of hydrazine groups is 1. The molecule has 0 aliphatic heterocycles. The number of ether oxygens (including phenoxy) is 1. The molecule has 0 saturated carbocycles. The van der Waals surface area contributed by atoms with E-state index in [9.17, 15) is 14.7 Å². The number of rotatable bonds is 9. The summed E-state index contributed by atoms with van der Waals surface area (Å²) in [5, 5.41) is 15.7. The predicted molar refractivity (Wildman–Crippen MR) is 156 cm³/mol. The van der Waals surface area contributed by atoms with Crippen LogP contribution in [-0.2, 0) is 9.53 Å². The summed E-state index contributed by atoms with van der Waals surface area (Å²) in [6, 6.07) is 17.7. The maximum absolute atomic E-state index is 12.2. The Morgan fingerprint density at radius 1 is 1.00 bits per heavy atom. The maximum Gasteiger partial charge on any atom is 0.338 e. The number of hydrogen-bond donors (Lipinski definition) is 2. The van der Waals surface area contributed by atoms with Crippen molar-refractivity contribution in [3.63, 3.8) is 0 Å². The fourth-order valence-electron chi connectivity index (χ4n) is 4.25. The first-order valence-electron chi connectivity index (χ1n) is 12.2. The molecule has 10 heteroatoms. The van der Waals surface area contributed by atoms with E-state index in [1.54, 1.807) is 61.4 Å². The van der Waals surface area contributed by atoms with E-state index in [1.807, 2.05) is 30.3 Å². The van der Waals surface area contributed by atoms with Gasteiger partial charge in [0.1, 0.15) is 0 Å². The van der Waals surface area contributed by atoms with E-state index >= 15 is 0 Å². The number of aromatic nitrogens is 1. The highest BCUT2D eigenvalue weighted by atomic mass is 35.5. The number of H-pyrrole nitrogens is 1. The lowest BCUT2D eigenvalue weighted by molar-refractivity contribution is -0.116. The molecule has 39 heavy (non-hydrogen) atoms. The van der Waals surface area contributed by atoms with E-state index in [2.05, 4.69) is 4.98 Å². The van der Waals surface area contributed by atoms with Gasteiger partial charge in [-0.3, -0.25) is 9.80 Å². The monoisotopic (exact) mass is 566 g/mol. The number of aromatic amines is 1. The Balaban J connectivity index is 1.88. The Labute approximate surface area is 236 Å². The topological polar surface area (TPSA) is 98.2 Å². The summed E-state index contributed by atoms with van der Waals surface area (Å²) in [5.41, 5.74) is 3.51. The number of ketones is 1. The second-order valence-corrected chi connectivity index (χ2v) is 9.84. The Kier molecular flexibility index (Phi) is 8.60. The molecule has 0 bridgehead atoms. The van der Waals surface area contributed by atoms with Gasteiger partial charge in [-0.1, -0.05) is 59.6 Å². The highest BCUT2D eigenvalue weighted by molar-refractivity contribution is 6.39. The molecule has 3 aromatic carbocycles. The molecular weight excluding hydrogens is 539 g/mol. The SMILES string of the molecule is CCOC(=O)c1ccc2c(C(=Nc3cc(Cl)c(N(CC(C)=O)N(C)C)c(Cl)c3)c3ccccc3)c(O)[nH]c2c1. The summed E-state index contributed by atoms with van der Waals surface area (Å²) in [5.74, 6) is -0.610. The van der Waals surface area contributed by atoms with Crippen LogP contribution in [0.4, 0.5) is 11.4 Å². The van der Waals surface area contributed by atoms with Crippen LogP contribution in [0, 0.1) is 0 Å². The van der Waals surface area contributed by atoms with Crippen molar-refractivity contribution in [2.45, 2.75) is 13.8 Å². The standard InChI is InChI=1S/C29H28Cl2N4O4/c1-5-39-29(38)19-11-12-21-24(13-19)33-28(37)25(21)26(18-9-7-6-8-10-18)32-20-14-22(30)27(23(31)15-20)35(34(3)4)16-17(2)36/h6-15,33,37H,5,16H2,1-4H3. The van der Waals surface area contributed by atoms with Crippen molar-refractivity contribution < 1.29 is 19.4 Å². The zero-order valence-corrected chi connectivity index (χ0v) is 23.5. The maximum atomic E-state index is 12.2. The lowest BCUT2D eigenvalue weighted by atomic mass is 10.00. The largest absolute Gasteiger partial charge is 0.494 e. The van der Waals surface area contributed by atoms with Crippen molar-refractivity contribution in [1.82, 2.24) is 9.99 Å². The lowest BCUT2D eigenvalue weighted by Crippen LogP contribution is -2.40. The molecule has 0 fully saturated rings. The fourth-order valence-corrected chi connectivity index (χ4v) is 4.92. The van der Waals surface area contributed by atoms with E-state index in [0.29, 0.717) is 49.2 Å². The molecule has 4 aromatic rings. The molecule has 1 heterocycles. The Morgan fingerprint density at radius 2 is 1.67 bits per heavy atom. The van der Waals surface area contributed by atoms with Crippen molar-refractivity contribution in [2.24, 2.45) is 4.99 Å². The first-order chi connectivity index (χ1) is 18.6. The molecule has 0 aliphatic rings. The number of Topliss-reactive ketones (excluding diaryl/α,β-unsaturated/α-hetero) is 1. The fraction of sp³-hybridized carbons (Fsp3) is 0.207. The van der Waals surface area contributed by atoms with Crippen molar-refractivity contribution in [3.05, 3.63) is 87.4 Å². The van der Waals surface area contributed by atoms with Gasteiger partial charge in [0.2, 0.25) is 0 Å². The Bertz CT molecular complexity index is 1540. The number of benzene rings is 3. The smallest absolute Gasteiger partial charge is 0.338 e. The second-order valence-electron chi connectivity index (χ2n) is 9.02. The van der Waals surface area contributed by atoms with Crippen LogP contribution in [-0.4, -0.2) is 59.8 Å². The quantitative estimate of drug-likeness (QED) is 0.138. The normalized spacial score (nSPS) is 11.7. The lowest BCUT2D eigenvalue weighted by Gasteiger charge is -2.31. The number of carbonyl (C=O) groups excluding carboxylic acids is 2. The average molecular weight is 567 g/mol. The highest BCUT2D eigenvalue weighted by Gasteiger charge is 2.22. The zero-order chi connectivity index (χ0) is 28.3. The van der Waals surface area contributed by atoms with Gasteiger partial charge in [-0.25, -0.2) is 14.8 Å². The van der Waals surface area contributed by atoms with Gasteiger partial charge in [0.05, 0.1) is 51.4 Å². The molecule has 2 N–H and O–H groups in total. The number of halogens is 2. The van der Waals surface area contributed by atoms with Crippen molar-refractivity contribution in [3.8, 4) is 5.88 Å². The van der Waals surface area contributed by atoms with Crippen LogP contribution in [0.15, 0.2) is 65.7 Å². The molecule has 202 valence electrons. The van der Waals surface area contributed by atoms with Crippen LogP contribution >= 0.6 is 23.2 Å². The van der Waals surface area contributed by atoms with Gasteiger partial charge in [0, 0.05) is 30.6 Å². The molecule has 0 spiro atoms. The van der Waals surface area contributed by atoms with Crippen LogP contribution in [0.25, 0.3) is 10.9 Å². The summed E-state index contributed by atoms with van der Waals surface area (Å²) >= 11 is 13.4. The Hall–Kier alpha value is -3.85. The van der Waals surface area contributed by atoms with Gasteiger partial charge < -0.3 is 14.8 Å². The third kappa shape index (κ3) is 6.09. The summed E-state index contributed by atoms with van der Waals surface area (Å²) < 4.78 is 5.11. The molecule has 0 unspecified atom stereocenters. The van der Waals surface area contributed by atoms with Crippen LogP contribution in [0.1, 0.15) is 35.3 Å². The number of aliphatic imine (C=N–C) groups is 1. The Morgan fingerprint density at radius 3 is 2.26 bits per heavy atom. The van der Waals surface area contributed by atoms with Crippen LogP contribution in [0.5, 0.6) is 5.88 Å². The molecule has 0 aliphatic carbocycles. The van der Waals surface area contributed by atoms with E-state index in [-0.39, 0.29) is 24.8 Å². The summed E-state index contributed by atoms with van der Waals surface area (Å²) in [7, 11) is 3.59. The molecule has 0 atom stereocenters. The van der Waals surface area contributed by atoms with E-state index in [4.69, 9.17) is 32.9 Å². The first-order valence-corrected chi connectivity index (χ1v) is 13.0. The number of nitrogens with zero attached hydrogens (tertiary/aromatic N) is 3. The summed E-state index contributed by atoms with van der Waals surface area (Å²) in [6.07, 6.45) is 0. The van der Waals surface area contributed by atoms with Gasteiger partial charge in [-0.2, -0.15) is 0 Å². The zero-order valence-electron chi connectivity index (χ0n) is 22.0. The summed E-state index contributed by atoms with van der Waals surface area (Å²) in [6.45, 7) is 3.59. The number of hydrogen-bond acceptors (Lipinski definition) is 7. The van der Waals surface area contributed by atoms with Crippen molar-refractivity contribution >= 4 is 62.9 Å². The number of aromatic hydroxyl groups is 1. The van der Waals surface area contributed by atoms with Crippen LogP contribution in [0.2, 0.25) is 10.0 Å².